The quantitative estimate of drug-likeness (QED) is 0.368. The molecule has 104 valence electrons. The molecule has 0 aliphatic rings. The van der Waals surface area contributed by atoms with Gasteiger partial charge in [0.25, 0.3) is 0 Å². The standard InChI is InChI=1S/C13H11BrN2O4/c1-18-9-4-2-8(3-5-9)12(15)16-20-13(17)10-6-7-11(14)19-10/h2-7H,1H3,(H2,15,16)/p+1. The van der Waals surface area contributed by atoms with Crippen LogP contribution in [0.15, 0.2) is 45.5 Å². The van der Waals surface area contributed by atoms with E-state index in [1.54, 1.807) is 37.4 Å². The number of hydrogen-bond donors (Lipinski definition) is 2. The van der Waals surface area contributed by atoms with E-state index in [4.69, 9.17) is 19.7 Å². The van der Waals surface area contributed by atoms with Gasteiger partial charge in [-0.25, -0.2) is 4.79 Å². The molecule has 20 heavy (non-hydrogen) atoms. The smallest absolute Gasteiger partial charge is 0.422 e. The van der Waals surface area contributed by atoms with E-state index in [-0.39, 0.29) is 11.6 Å². The van der Waals surface area contributed by atoms with Crippen molar-refractivity contribution in [1.29, 1.82) is 0 Å². The zero-order chi connectivity index (χ0) is 14.5. The first kappa shape index (κ1) is 14.1. The van der Waals surface area contributed by atoms with Gasteiger partial charge in [-0.05, 0) is 52.3 Å². The number of rotatable bonds is 4. The van der Waals surface area contributed by atoms with Crippen molar-refractivity contribution in [3.05, 3.63) is 52.4 Å². The van der Waals surface area contributed by atoms with Gasteiger partial charge >= 0.3 is 11.8 Å². The Morgan fingerprint density at radius 3 is 2.50 bits per heavy atom. The molecule has 3 N–H and O–H groups in total. The molecular weight excluding hydrogens is 328 g/mol. The van der Waals surface area contributed by atoms with Crippen LogP contribution in [0.2, 0.25) is 0 Å². The summed E-state index contributed by atoms with van der Waals surface area (Å²) in [5.41, 5.74) is 6.43. The number of benzene rings is 1. The van der Waals surface area contributed by atoms with Crippen molar-refractivity contribution < 1.29 is 23.9 Å². The van der Waals surface area contributed by atoms with Crippen LogP contribution in [0.1, 0.15) is 16.1 Å². The van der Waals surface area contributed by atoms with E-state index in [2.05, 4.69) is 21.1 Å². The molecule has 0 aliphatic heterocycles. The first-order chi connectivity index (χ1) is 9.60. The fraction of sp³-hybridized carbons (Fsp3) is 0.0769. The lowest BCUT2D eigenvalue weighted by Gasteiger charge is -1.99. The lowest BCUT2D eigenvalue weighted by Crippen LogP contribution is -2.75. The minimum atomic E-state index is -0.674. The summed E-state index contributed by atoms with van der Waals surface area (Å²) in [7, 11) is 1.57. The summed E-state index contributed by atoms with van der Waals surface area (Å²) in [6.45, 7) is 0. The van der Waals surface area contributed by atoms with E-state index < -0.39 is 5.97 Å². The number of halogens is 1. The van der Waals surface area contributed by atoms with Gasteiger partial charge in [-0.2, -0.15) is 0 Å². The van der Waals surface area contributed by atoms with Gasteiger partial charge in [-0.15, -0.1) is 0 Å². The van der Waals surface area contributed by atoms with Gasteiger partial charge in [-0.3, -0.25) is 10.6 Å². The summed E-state index contributed by atoms with van der Waals surface area (Å²) in [5.74, 6) is 0.296. The third-order valence-corrected chi connectivity index (χ3v) is 2.86. The Hall–Kier alpha value is -2.28. The van der Waals surface area contributed by atoms with Gasteiger partial charge in [0.1, 0.15) is 5.75 Å². The Balaban J connectivity index is 2.04. The number of methoxy groups -OCH3 is 1. The number of nitrogens with two attached hydrogens (primary N) is 1. The van der Waals surface area contributed by atoms with Crippen LogP contribution in [-0.4, -0.2) is 18.9 Å². The maximum atomic E-state index is 11.6. The molecule has 0 saturated carbocycles. The monoisotopic (exact) mass is 339 g/mol. The molecule has 0 bridgehead atoms. The largest absolute Gasteiger partial charge is 0.497 e. The molecule has 0 radical (unpaired) electrons. The number of nitrogen functional groups attached to an aromatic ring is 1. The first-order valence-corrected chi connectivity index (χ1v) is 6.39. The average molecular weight is 340 g/mol. The highest BCUT2D eigenvalue weighted by atomic mass is 79.9. The fourth-order valence-corrected chi connectivity index (χ4v) is 1.71. The van der Waals surface area contributed by atoms with Crippen molar-refractivity contribution in [1.82, 2.24) is 0 Å². The highest BCUT2D eigenvalue weighted by Gasteiger charge is 2.14. The lowest BCUT2D eigenvalue weighted by molar-refractivity contribution is -0.721. The van der Waals surface area contributed by atoms with Crippen LogP contribution in [0.25, 0.3) is 0 Å². The highest BCUT2D eigenvalue weighted by Crippen LogP contribution is 2.14. The Morgan fingerprint density at radius 2 is 1.95 bits per heavy atom. The molecule has 1 heterocycles. The van der Waals surface area contributed by atoms with Gasteiger partial charge < -0.3 is 9.15 Å². The van der Waals surface area contributed by atoms with E-state index in [0.29, 0.717) is 16.0 Å². The van der Waals surface area contributed by atoms with Gasteiger partial charge in [0.2, 0.25) is 5.76 Å². The van der Waals surface area contributed by atoms with Crippen molar-refractivity contribution in [2.45, 2.75) is 0 Å². The normalized spacial score (nSPS) is 11.2. The van der Waals surface area contributed by atoms with Crippen LogP contribution in [0.5, 0.6) is 5.75 Å². The maximum absolute atomic E-state index is 11.6. The average Bonchev–Trinajstić information content (AvgIpc) is 2.91. The molecule has 2 rings (SSSR count). The molecule has 1 aromatic carbocycles. The Morgan fingerprint density at radius 1 is 1.25 bits per heavy atom. The fourth-order valence-electron chi connectivity index (χ4n) is 1.41. The molecule has 0 spiro atoms. The number of hydrogen-bond acceptors (Lipinski definition) is 4. The summed E-state index contributed by atoms with van der Waals surface area (Å²) in [6, 6.07) is 10.0. The summed E-state index contributed by atoms with van der Waals surface area (Å²) in [4.78, 5) is 16.4. The van der Waals surface area contributed by atoms with Gasteiger partial charge in [0, 0.05) is 0 Å². The van der Waals surface area contributed by atoms with E-state index in [1.165, 1.54) is 6.07 Å². The summed E-state index contributed by atoms with van der Waals surface area (Å²) < 4.78 is 10.5. The Kier molecular flexibility index (Phi) is 4.41. The third kappa shape index (κ3) is 3.39. The van der Waals surface area contributed by atoms with Crippen molar-refractivity contribution in [3.8, 4) is 5.75 Å². The van der Waals surface area contributed by atoms with Gasteiger partial charge in [0.05, 0.1) is 12.7 Å². The molecule has 1 aromatic heterocycles. The number of carbonyl (C=O) groups excluding carboxylic acids is 1. The topological polar surface area (TPSA) is 88.7 Å². The Labute approximate surface area is 123 Å². The summed E-state index contributed by atoms with van der Waals surface area (Å²) >= 11 is 3.09. The second kappa shape index (κ2) is 6.25. The van der Waals surface area contributed by atoms with Crippen LogP contribution in [0.4, 0.5) is 0 Å². The van der Waals surface area contributed by atoms with Crippen molar-refractivity contribution in [2.24, 2.45) is 5.73 Å². The number of ether oxygens (including phenoxy) is 1. The van der Waals surface area contributed by atoms with Crippen LogP contribution in [0.3, 0.4) is 0 Å². The molecule has 0 amide bonds. The predicted octanol–water partition coefficient (Wildman–Crippen LogP) is 0.609. The van der Waals surface area contributed by atoms with E-state index in [0.717, 1.165) is 0 Å². The zero-order valence-corrected chi connectivity index (χ0v) is 12.1. The van der Waals surface area contributed by atoms with Crippen molar-refractivity contribution >= 4 is 27.7 Å². The molecule has 0 saturated heterocycles. The molecule has 0 atom stereocenters. The van der Waals surface area contributed by atoms with Crippen LogP contribution >= 0.6 is 15.9 Å². The number of carbonyl (C=O) groups is 1. The van der Waals surface area contributed by atoms with E-state index >= 15 is 0 Å². The SMILES string of the molecule is COc1ccc(C(N)=[NH+]OC(=O)c2ccc(Br)o2)cc1. The predicted molar refractivity (Wildman–Crippen MR) is 74.1 cm³/mol. The van der Waals surface area contributed by atoms with Gasteiger partial charge in [-0.1, -0.05) is 5.16 Å². The van der Waals surface area contributed by atoms with E-state index in [1.807, 2.05) is 0 Å². The second-order valence-corrected chi connectivity index (χ2v) is 4.52. The van der Waals surface area contributed by atoms with Crippen LogP contribution in [0, 0.1) is 0 Å². The second-order valence-electron chi connectivity index (χ2n) is 3.74. The van der Waals surface area contributed by atoms with Crippen molar-refractivity contribution in [2.75, 3.05) is 7.11 Å². The van der Waals surface area contributed by atoms with Crippen molar-refractivity contribution in [3.63, 3.8) is 0 Å². The number of amidine groups is 1. The van der Waals surface area contributed by atoms with Crippen LogP contribution in [-0.2, 0) is 4.84 Å². The van der Waals surface area contributed by atoms with Crippen LogP contribution < -0.4 is 15.6 Å². The van der Waals surface area contributed by atoms with E-state index in [9.17, 15) is 4.79 Å². The molecular formula is C13H12BrN2O4+. The maximum Gasteiger partial charge on any atom is 0.422 e. The molecule has 6 nitrogen and oxygen atoms in total. The first-order valence-electron chi connectivity index (χ1n) is 5.59. The highest BCUT2D eigenvalue weighted by molar-refractivity contribution is 9.10. The molecule has 0 aliphatic carbocycles. The number of nitrogens with one attached hydrogen (secondary N) is 1. The minimum absolute atomic E-state index is 0.0619. The molecule has 2 aromatic rings. The summed E-state index contributed by atoms with van der Waals surface area (Å²) in [5, 5.41) is 2.37. The molecule has 7 heteroatoms. The number of furan rings is 1. The lowest BCUT2D eigenvalue weighted by atomic mass is 10.2. The summed E-state index contributed by atoms with van der Waals surface area (Å²) in [6.07, 6.45) is 0. The molecule has 0 unspecified atom stereocenters. The molecule has 0 fully saturated rings. The third-order valence-electron chi connectivity index (χ3n) is 2.43. The minimum Gasteiger partial charge on any atom is -0.497 e. The zero-order valence-electron chi connectivity index (χ0n) is 10.6. The Bertz CT molecular complexity index is 634. The van der Waals surface area contributed by atoms with Gasteiger partial charge in [0.15, 0.2) is 4.67 Å².